The van der Waals surface area contributed by atoms with Crippen molar-refractivity contribution in [2.45, 2.75) is 11.5 Å². The third-order valence-electron chi connectivity index (χ3n) is 4.33. The van der Waals surface area contributed by atoms with Crippen LogP contribution >= 0.6 is 0 Å². The number of benzene rings is 2. The first-order valence-corrected chi connectivity index (χ1v) is 10.2. The molecule has 0 spiro atoms. The van der Waals surface area contributed by atoms with Crippen molar-refractivity contribution in [3.8, 4) is 28.6 Å². The predicted octanol–water partition coefficient (Wildman–Crippen LogP) is 2.50. The van der Waals surface area contributed by atoms with Crippen molar-refractivity contribution in [2.24, 2.45) is 12.2 Å². The van der Waals surface area contributed by atoms with Crippen molar-refractivity contribution in [2.75, 3.05) is 0 Å². The third-order valence-corrected chi connectivity index (χ3v) is 5.24. The zero-order valence-electron chi connectivity index (χ0n) is 15.7. The Morgan fingerprint density at radius 3 is 2.70 bits per heavy atom. The Kier molecular flexibility index (Phi) is 5.06. The summed E-state index contributed by atoms with van der Waals surface area (Å²) in [6.45, 7) is 0.141. The Labute approximate surface area is 171 Å². The lowest BCUT2D eigenvalue weighted by Crippen LogP contribution is -2.11. The van der Waals surface area contributed by atoms with E-state index in [2.05, 4.69) is 15.2 Å². The molecule has 0 bridgehead atoms. The molecule has 4 rings (SSSR count). The summed E-state index contributed by atoms with van der Waals surface area (Å²) in [5.74, 6) is 0.535. The van der Waals surface area contributed by atoms with E-state index in [-0.39, 0.29) is 29.0 Å². The maximum Gasteiger partial charge on any atom is 0.258 e. The monoisotopic (exact) mass is 429 g/mol. The number of rotatable bonds is 6. The fraction of sp³-hybridized carbons (Fsp3) is 0.105. The predicted molar refractivity (Wildman–Crippen MR) is 104 cm³/mol. The van der Waals surface area contributed by atoms with E-state index in [1.807, 2.05) is 0 Å². The highest BCUT2D eigenvalue weighted by Crippen LogP contribution is 2.26. The number of halogens is 1. The van der Waals surface area contributed by atoms with Gasteiger partial charge in [0.25, 0.3) is 5.89 Å². The zero-order chi connectivity index (χ0) is 21.3. The SMILES string of the molecule is Cn1ncc(-c2noc(-c3cccc(S(N)(=O)=O)c3)n2)c1COc1ccc(F)cc1. The smallest absolute Gasteiger partial charge is 0.258 e. The quantitative estimate of drug-likeness (QED) is 0.499. The Balaban J connectivity index is 1.61. The molecule has 0 fully saturated rings. The van der Waals surface area contributed by atoms with Gasteiger partial charge in [0.15, 0.2) is 0 Å². The molecular weight excluding hydrogens is 413 g/mol. The molecule has 2 N–H and O–H groups in total. The molecule has 0 aliphatic heterocycles. The Morgan fingerprint density at radius 2 is 1.97 bits per heavy atom. The number of sulfonamides is 1. The Hall–Kier alpha value is -3.57. The van der Waals surface area contributed by atoms with Crippen molar-refractivity contribution in [1.82, 2.24) is 19.9 Å². The summed E-state index contributed by atoms with van der Waals surface area (Å²) >= 11 is 0. The van der Waals surface area contributed by atoms with Gasteiger partial charge in [-0.3, -0.25) is 4.68 Å². The van der Waals surface area contributed by atoms with E-state index in [4.69, 9.17) is 14.4 Å². The number of hydrogen-bond acceptors (Lipinski definition) is 7. The maximum atomic E-state index is 13.0. The number of aryl methyl sites for hydroxylation is 1. The Bertz CT molecular complexity index is 1300. The summed E-state index contributed by atoms with van der Waals surface area (Å²) in [5, 5.41) is 13.3. The van der Waals surface area contributed by atoms with E-state index in [1.54, 1.807) is 24.0 Å². The van der Waals surface area contributed by atoms with Crippen molar-refractivity contribution in [3.05, 3.63) is 66.2 Å². The van der Waals surface area contributed by atoms with Crippen LogP contribution in [0.1, 0.15) is 5.69 Å². The van der Waals surface area contributed by atoms with Gasteiger partial charge in [0, 0.05) is 12.6 Å². The highest BCUT2D eigenvalue weighted by atomic mass is 32.2. The van der Waals surface area contributed by atoms with Crippen LogP contribution in [0.3, 0.4) is 0 Å². The van der Waals surface area contributed by atoms with Gasteiger partial charge in [-0.1, -0.05) is 11.2 Å². The largest absolute Gasteiger partial charge is 0.487 e. The summed E-state index contributed by atoms with van der Waals surface area (Å²) < 4.78 is 48.8. The molecular formula is C19H16FN5O4S. The molecule has 0 aliphatic rings. The average molecular weight is 429 g/mol. The molecule has 2 aromatic carbocycles. The topological polar surface area (TPSA) is 126 Å². The van der Waals surface area contributed by atoms with Crippen LogP contribution in [0.25, 0.3) is 22.8 Å². The van der Waals surface area contributed by atoms with E-state index >= 15 is 0 Å². The molecule has 0 saturated carbocycles. The molecule has 30 heavy (non-hydrogen) atoms. The number of primary sulfonamides is 1. The van der Waals surface area contributed by atoms with E-state index in [9.17, 15) is 12.8 Å². The second-order valence-electron chi connectivity index (χ2n) is 6.37. The summed E-state index contributed by atoms with van der Waals surface area (Å²) in [7, 11) is -2.12. The van der Waals surface area contributed by atoms with Crippen LogP contribution in [0.15, 0.2) is 64.1 Å². The minimum Gasteiger partial charge on any atom is -0.487 e. The summed E-state index contributed by atoms with van der Waals surface area (Å²) in [6.07, 6.45) is 1.57. The van der Waals surface area contributed by atoms with Gasteiger partial charge >= 0.3 is 0 Å². The van der Waals surface area contributed by atoms with Gasteiger partial charge in [-0.2, -0.15) is 10.1 Å². The Morgan fingerprint density at radius 1 is 1.20 bits per heavy atom. The third kappa shape index (κ3) is 4.07. The minimum absolute atomic E-state index is 0.0606. The van der Waals surface area contributed by atoms with Gasteiger partial charge in [0.05, 0.1) is 22.3 Å². The van der Waals surface area contributed by atoms with Gasteiger partial charge in [0.1, 0.15) is 18.2 Å². The van der Waals surface area contributed by atoms with Crippen molar-refractivity contribution < 1.29 is 22.1 Å². The molecule has 9 nitrogen and oxygen atoms in total. The van der Waals surface area contributed by atoms with E-state index in [0.29, 0.717) is 22.6 Å². The van der Waals surface area contributed by atoms with E-state index in [0.717, 1.165) is 0 Å². The van der Waals surface area contributed by atoms with Crippen molar-refractivity contribution in [3.63, 3.8) is 0 Å². The number of aromatic nitrogens is 4. The van der Waals surface area contributed by atoms with E-state index in [1.165, 1.54) is 42.5 Å². The van der Waals surface area contributed by atoms with Gasteiger partial charge in [-0.25, -0.2) is 17.9 Å². The number of hydrogen-bond donors (Lipinski definition) is 1. The lowest BCUT2D eigenvalue weighted by Gasteiger charge is -2.07. The standard InChI is InChI=1S/C19H16FN5O4S/c1-25-17(11-28-14-7-5-13(20)6-8-14)16(10-22-25)18-23-19(29-24-18)12-3-2-4-15(9-12)30(21,26)27/h2-10H,11H2,1H3,(H2,21,26,27). The maximum absolute atomic E-state index is 13.0. The van der Waals surface area contributed by atoms with Crippen molar-refractivity contribution >= 4 is 10.0 Å². The fourth-order valence-electron chi connectivity index (χ4n) is 2.76. The van der Waals surface area contributed by atoms with Gasteiger partial charge in [0.2, 0.25) is 15.8 Å². The van der Waals surface area contributed by atoms with Gasteiger partial charge < -0.3 is 9.26 Å². The van der Waals surface area contributed by atoms with Crippen LogP contribution < -0.4 is 9.88 Å². The van der Waals surface area contributed by atoms with Crippen LogP contribution in [-0.2, 0) is 23.7 Å². The van der Waals surface area contributed by atoms with Crippen LogP contribution in [-0.4, -0.2) is 28.3 Å². The van der Waals surface area contributed by atoms with Crippen LogP contribution in [0.5, 0.6) is 5.75 Å². The molecule has 2 aromatic heterocycles. The van der Waals surface area contributed by atoms with E-state index < -0.39 is 10.0 Å². The average Bonchev–Trinajstić information content (AvgIpc) is 3.34. The first-order valence-electron chi connectivity index (χ1n) is 8.68. The molecule has 154 valence electrons. The second-order valence-corrected chi connectivity index (χ2v) is 7.93. The molecule has 0 radical (unpaired) electrons. The van der Waals surface area contributed by atoms with Crippen LogP contribution in [0.2, 0.25) is 0 Å². The van der Waals surface area contributed by atoms with Gasteiger partial charge in [-0.15, -0.1) is 0 Å². The molecule has 0 aliphatic carbocycles. The zero-order valence-corrected chi connectivity index (χ0v) is 16.5. The molecule has 11 heteroatoms. The molecule has 2 heterocycles. The number of nitrogens with two attached hydrogens (primary N) is 1. The molecule has 0 amide bonds. The van der Waals surface area contributed by atoms with Crippen LogP contribution in [0.4, 0.5) is 4.39 Å². The highest BCUT2D eigenvalue weighted by molar-refractivity contribution is 7.89. The fourth-order valence-corrected chi connectivity index (χ4v) is 3.32. The first kappa shape index (κ1) is 19.7. The minimum atomic E-state index is -3.86. The lowest BCUT2D eigenvalue weighted by atomic mass is 10.2. The molecule has 4 aromatic rings. The van der Waals surface area contributed by atoms with Gasteiger partial charge in [-0.05, 0) is 42.5 Å². The van der Waals surface area contributed by atoms with Crippen molar-refractivity contribution in [1.29, 1.82) is 0 Å². The lowest BCUT2D eigenvalue weighted by molar-refractivity contribution is 0.295. The molecule has 0 saturated heterocycles. The first-order chi connectivity index (χ1) is 14.3. The summed E-state index contributed by atoms with van der Waals surface area (Å²) in [6, 6.07) is 11.6. The second kappa shape index (κ2) is 7.69. The summed E-state index contributed by atoms with van der Waals surface area (Å²) in [4.78, 5) is 4.28. The normalized spacial score (nSPS) is 11.6. The highest BCUT2D eigenvalue weighted by Gasteiger charge is 2.19. The molecule has 0 atom stereocenters. The van der Waals surface area contributed by atoms with Crippen LogP contribution in [0, 0.1) is 5.82 Å². The number of ether oxygens (including phenoxy) is 1. The molecule has 0 unspecified atom stereocenters. The summed E-state index contributed by atoms with van der Waals surface area (Å²) in [5.41, 5.74) is 1.66. The number of nitrogens with zero attached hydrogens (tertiary/aromatic N) is 4.